The number of ether oxygens (including phenoxy) is 2. The molecule has 5 nitrogen and oxygen atoms in total. The first-order valence-corrected chi connectivity index (χ1v) is 7.65. The van der Waals surface area contributed by atoms with Crippen LogP contribution >= 0.6 is 11.6 Å². The molecule has 2 rings (SSSR count). The van der Waals surface area contributed by atoms with Gasteiger partial charge in [-0.1, -0.05) is 11.6 Å². The Kier molecular flexibility index (Phi) is 6.40. The first kappa shape index (κ1) is 18.0. The molecular formula is C17H17ClFNO4. The van der Waals surface area contributed by atoms with E-state index in [1.54, 1.807) is 13.0 Å². The number of carbonyl (C=O) groups excluding carboxylic acids is 1. The van der Waals surface area contributed by atoms with Crippen LogP contribution in [0.2, 0.25) is 5.02 Å². The lowest BCUT2D eigenvalue weighted by Crippen LogP contribution is -2.20. The lowest BCUT2D eigenvalue weighted by Gasteiger charge is -2.14. The number of carbonyl (C=O) groups is 1. The second kappa shape index (κ2) is 8.52. The highest BCUT2D eigenvalue weighted by molar-refractivity contribution is 6.32. The Morgan fingerprint density at radius 3 is 2.58 bits per heavy atom. The van der Waals surface area contributed by atoms with Gasteiger partial charge < -0.3 is 19.9 Å². The first-order valence-electron chi connectivity index (χ1n) is 7.27. The third-order valence-electron chi connectivity index (χ3n) is 3.03. The van der Waals surface area contributed by atoms with Gasteiger partial charge in [-0.25, -0.2) is 4.39 Å². The van der Waals surface area contributed by atoms with Crippen molar-refractivity contribution in [3.63, 3.8) is 0 Å². The molecule has 0 radical (unpaired) electrons. The van der Waals surface area contributed by atoms with Crippen LogP contribution in [0.5, 0.6) is 11.5 Å². The summed E-state index contributed by atoms with van der Waals surface area (Å²) in [6, 6.07) is 8.52. The van der Waals surface area contributed by atoms with Gasteiger partial charge in [0.15, 0.2) is 18.1 Å². The summed E-state index contributed by atoms with van der Waals surface area (Å²) in [5.74, 6) is -0.235. The van der Waals surface area contributed by atoms with Gasteiger partial charge in [-0.15, -0.1) is 0 Å². The fourth-order valence-electron chi connectivity index (χ4n) is 1.98. The van der Waals surface area contributed by atoms with Crippen LogP contribution in [-0.2, 0) is 11.4 Å². The minimum Gasteiger partial charge on any atom is -0.490 e. The summed E-state index contributed by atoms with van der Waals surface area (Å²) in [6.45, 7) is 1.69. The molecule has 0 aliphatic carbocycles. The Morgan fingerprint density at radius 1 is 1.25 bits per heavy atom. The molecule has 0 unspecified atom stereocenters. The summed E-state index contributed by atoms with van der Waals surface area (Å²) in [7, 11) is 0. The van der Waals surface area contributed by atoms with Crippen LogP contribution in [-0.4, -0.2) is 24.2 Å². The molecule has 0 aliphatic rings. The summed E-state index contributed by atoms with van der Waals surface area (Å²) in [5.41, 5.74) is 1.03. The van der Waals surface area contributed by atoms with E-state index in [1.165, 1.54) is 30.3 Å². The fourth-order valence-corrected chi connectivity index (χ4v) is 2.27. The van der Waals surface area contributed by atoms with E-state index in [4.69, 9.17) is 21.1 Å². The van der Waals surface area contributed by atoms with Crippen molar-refractivity contribution in [3.8, 4) is 11.5 Å². The van der Waals surface area contributed by atoms with E-state index in [0.717, 1.165) is 0 Å². The van der Waals surface area contributed by atoms with Crippen molar-refractivity contribution >= 4 is 23.2 Å². The van der Waals surface area contributed by atoms with Crippen molar-refractivity contribution in [2.75, 3.05) is 18.5 Å². The van der Waals surface area contributed by atoms with Crippen molar-refractivity contribution in [3.05, 3.63) is 52.8 Å². The van der Waals surface area contributed by atoms with E-state index in [1.807, 2.05) is 0 Å². The standard InChI is InChI=1S/C17H17ClFNO4/c1-2-23-15-8-11(9-21)7-14(18)17(15)24-10-16(22)20-13-5-3-12(19)4-6-13/h3-8,21H,2,9-10H2,1H3,(H,20,22). The maximum Gasteiger partial charge on any atom is 0.262 e. The zero-order chi connectivity index (χ0) is 17.5. The van der Waals surface area contributed by atoms with Gasteiger partial charge in [0.05, 0.1) is 18.2 Å². The molecule has 128 valence electrons. The molecule has 2 aromatic carbocycles. The highest BCUT2D eigenvalue weighted by Crippen LogP contribution is 2.36. The third-order valence-corrected chi connectivity index (χ3v) is 3.31. The molecular weight excluding hydrogens is 337 g/mol. The third kappa shape index (κ3) is 4.84. The fraction of sp³-hybridized carbons (Fsp3) is 0.235. The maximum absolute atomic E-state index is 12.8. The van der Waals surface area contributed by atoms with Gasteiger partial charge in [-0.2, -0.15) is 0 Å². The molecule has 1 amide bonds. The molecule has 0 saturated heterocycles. The second-order valence-electron chi connectivity index (χ2n) is 4.84. The normalized spacial score (nSPS) is 10.3. The number of amides is 1. The number of halogens is 2. The number of rotatable bonds is 7. The Bertz CT molecular complexity index is 706. The number of hydrogen-bond acceptors (Lipinski definition) is 4. The lowest BCUT2D eigenvalue weighted by molar-refractivity contribution is -0.118. The highest BCUT2D eigenvalue weighted by atomic mass is 35.5. The van der Waals surface area contributed by atoms with E-state index >= 15 is 0 Å². The molecule has 2 N–H and O–H groups in total. The first-order chi connectivity index (χ1) is 11.5. The van der Waals surface area contributed by atoms with Crippen molar-refractivity contribution in [2.45, 2.75) is 13.5 Å². The van der Waals surface area contributed by atoms with Crippen LogP contribution in [0.3, 0.4) is 0 Å². The zero-order valence-corrected chi connectivity index (χ0v) is 13.8. The topological polar surface area (TPSA) is 67.8 Å². The van der Waals surface area contributed by atoms with Crippen LogP contribution in [0.1, 0.15) is 12.5 Å². The predicted octanol–water partition coefficient (Wildman–Crippen LogP) is 3.39. The smallest absolute Gasteiger partial charge is 0.262 e. The monoisotopic (exact) mass is 353 g/mol. The lowest BCUT2D eigenvalue weighted by atomic mass is 10.2. The van der Waals surface area contributed by atoms with Crippen molar-refractivity contribution in [1.82, 2.24) is 0 Å². The molecule has 0 saturated carbocycles. The van der Waals surface area contributed by atoms with Gasteiger partial charge >= 0.3 is 0 Å². The molecule has 0 atom stereocenters. The molecule has 0 aliphatic heterocycles. The molecule has 7 heteroatoms. The van der Waals surface area contributed by atoms with Crippen molar-refractivity contribution in [2.24, 2.45) is 0 Å². The Hall–Kier alpha value is -2.31. The van der Waals surface area contributed by atoms with Crippen LogP contribution in [0, 0.1) is 5.82 Å². The summed E-state index contributed by atoms with van der Waals surface area (Å²) in [5, 5.41) is 12.0. The molecule has 0 bridgehead atoms. The average molecular weight is 354 g/mol. The number of aliphatic hydroxyl groups excluding tert-OH is 1. The minimum absolute atomic E-state index is 0.189. The van der Waals surface area contributed by atoms with Gasteiger partial charge in [0.1, 0.15) is 5.82 Å². The summed E-state index contributed by atoms with van der Waals surface area (Å²) in [6.07, 6.45) is 0. The average Bonchev–Trinajstić information content (AvgIpc) is 2.56. The van der Waals surface area contributed by atoms with Gasteiger partial charge in [-0.05, 0) is 48.9 Å². The summed E-state index contributed by atoms with van der Waals surface area (Å²) >= 11 is 6.12. The number of benzene rings is 2. The van der Waals surface area contributed by atoms with Gasteiger partial charge in [0, 0.05) is 5.69 Å². The van der Waals surface area contributed by atoms with Gasteiger partial charge in [0.25, 0.3) is 5.91 Å². The molecule has 2 aromatic rings. The highest BCUT2D eigenvalue weighted by Gasteiger charge is 2.14. The van der Waals surface area contributed by atoms with E-state index in [-0.39, 0.29) is 29.8 Å². The largest absolute Gasteiger partial charge is 0.490 e. The van der Waals surface area contributed by atoms with E-state index in [2.05, 4.69) is 5.32 Å². The maximum atomic E-state index is 12.8. The van der Waals surface area contributed by atoms with Crippen molar-refractivity contribution < 1.29 is 23.8 Å². The Morgan fingerprint density at radius 2 is 1.96 bits per heavy atom. The molecule has 0 heterocycles. The van der Waals surface area contributed by atoms with Crippen LogP contribution in [0.15, 0.2) is 36.4 Å². The predicted molar refractivity (Wildman–Crippen MR) is 89.1 cm³/mol. The number of hydrogen-bond donors (Lipinski definition) is 2. The van der Waals surface area contributed by atoms with E-state index in [9.17, 15) is 14.3 Å². The SMILES string of the molecule is CCOc1cc(CO)cc(Cl)c1OCC(=O)Nc1ccc(F)cc1. The van der Waals surface area contributed by atoms with Gasteiger partial charge in [-0.3, -0.25) is 4.79 Å². The van der Waals surface area contributed by atoms with Crippen LogP contribution in [0.4, 0.5) is 10.1 Å². The zero-order valence-electron chi connectivity index (χ0n) is 13.0. The van der Waals surface area contributed by atoms with E-state index < -0.39 is 5.91 Å². The quantitative estimate of drug-likeness (QED) is 0.800. The van der Waals surface area contributed by atoms with Crippen LogP contribution < -0.4 is 14.8 Å². The van der Waals surface area contributed by atoms with Gasteiger partial charge in [0.2, 0.25) is 0 Å². The van der Waals surface area contributed by atoms with Crippen molar-refractivity contribution in [1.29, 1.82) is 0 Å². The van der Waals surface area contributed by atoms with E-state index in [0.29, 0.717) is 23.6 Å². The minimum atomic E-state index is -0.425. The Balaban J connectivity index is 2.04. The molecule has 24 heavy (non-hydrogen) atoms. The molecule has 0 fully saturated rings. The number of anilines is 1. The number of aliphatic hydroxyl groups is 1. The number of nitrogens with one attached hydrogen (secondary N) is 1. The molecule has 0 spiro atoms. The summed E-state index contributed by atoms with van der Waals surface area (Å²) < 4.78 is 23.7. The molecule has 0 aromatic heterocycles. The van der Waals surface area contributed by atoms with Crippen LogP contribution in [0.25, 0.3) is 0 Å². The Labute approximate surface area is 144 Å². The second-order valence-corrected chi connectivity index (χ2v) is 5.25. The summed E-state index contributed by atoms with van der Waals surface area (Å²) in [4.78, 5) is 11.9.